The van der Waals surface area contributed by atoms with Crippen LogP contribution in [0.4, 0.5) is 5.69 Å². The van der Waals surface area contributed by atoms with E-state index in [-0.39, 0.29) is 12.3 Å². The van der Waals surface area contributed by atoms with Crippen LogP contribution in [0.1, 0.15) is 13.8 Å². The Kier molecular flexibility index (Phi) is 5.78. The molecule has 1 amide bonds. The summed E-state index contributed by atoms with van der Waals surface area (Å²) in [5.41, 5.74) is 0.519. The standard InChI is InChI=1S/C12H18N2O4S/c1-3-18-11-8-6-5-7-10(11)14-12(15)9-13-19(16,17)4-2/h5-8,13H,3-4,9H2,1-2H3,(H,14,15). The van der Waals surface area contributed by atoms with Gasteiger partial charge in [0.15, 0.2) is 0 Å². The topological polar surface area (TPSA) is 84.5 Å². The number of ether oxygens (including phenoxy) is 1. The van der Waals surface area contributed by atoms with E-state index in [1.807, 2.05) is 6.92 Å². The largest absolute Gasteiger partial charge is 0.492 e. The van der Waals surface area contributed by atoms with Crippen LogP contribution in [-0.2, 0) is 14.8 Å². The number of hydrogen-bond acceptors (Lipinski definition) is 4. The van der Waals surface area contributed by atoms with Gasteiger partial charge in [-0.25, -0.2) is 13.1 Å². The zero-order valence-electron chi connectivity index (χ0n) is 11.0. The molecule has 0 saturated heterocycles. The van der Waals surface area contributed by atoms with Crippen molar-refractivity contribution in [3.63, 3.8) is 0 Å². The fourth-order valence-corrected chi connectivity index (χ4v) is 1.88. The van der Waals surface area contributed by atoms with Crippen LogP contribution >= 0.6 is 0 Å². The summed E-state index contributed by atoms with van der Waals surface area (Å²) >= 11 is 0. The molecule has 0 radical (unpaired) electrons. The van der Waals surface area contributed by atoms with Crippen LogP contribution in [0.5, 0.6) is 5.75 Å². The van der Waals surface area contributed by atoms with Crippen molar-refractivity contribution in [2.45, 2.75) is 13.8 Å². The SMILES string of the molecule is CCOc1ccccc1NC(=O)CNS(=O)(=O)CC. The van der Waals surface area contributed by atoms with Gasteiger partial charge < -0.3 is 10.1 Å². The predicted octanol–water partition coefficient (Wildman–Crippen LogP) is 0.963. The van der Waals surface area contributed by atoms with Crippen molar-refractivity contribution in [1.29, 1.82) is 0 Å². The van der Waals surface area contributed by atoms with Crippen LogP contribution < -0.4 is 14.8 Å². The summed E-state index contributed by atoms with van der Waals surface area (Å²) in [5.74, 6) is 0.0522. The van der Waals surface area contributed by atoms with Crippen molar-refractivity contribution in [2.75, 3.05) is 24.2 Å². The Morgan fingerprint density at radius 3 is 2.58 bits per heavy atom. The molecule has 0 aliphatic heterocycles. The molecule has 1 aromatic carbocycles. The molecule has 106 valence electrons. The minimum atomic E-state index is -3.37. The zero-order chi connectivity index (χ0) is 14.3. The third-order valence-electron chi connectivity index (χ3n) is 2.29. The maximum absolute atomic E-state index is 11.6. The normalized spacial score (nSPS) is 11.1. The average Bonchev–Trinajstić information content (AvgIpc) is 2.39. The quantitative estimate of drug-likeness (QED) is 0.782. The third kappa shape index (κ3) is 5.27. The summed E-state index contributed by atoms with van der Waals surface area (Å²) in [6, 6.07) is 6.97. The fourth-order valence-electron chi connectivity index (χ4n) is 1.32. The van der Waals surface area contributed by atoms with Gasteiger partial charge in [0.2, 0.25) is 15.9 Å². The van der Waals surface area contributed by atoms with Crippen molar-refractivity contribution in [1.82, 2.24) is 4.72 Å². The molecule has 0 heterocycles. The number of sulfonamides is 1. The fraction of sp³-hybridized carbons (Fsp3) is 0.417. The lowest BCUT2D eigenvalue weighted by Crippen LogP contribution is -2.33. The number of rotatable bonds is 7. The Bertz CT molecular complexity index is 528. The van der Waals surface area contributed by atoms with Gasteiger partial charge in [-0.1, -0.05) is 12.1 Å². The monoisotopic (exact) mass is 286 g/mol. The minimum Gasteiger partial charge on any atom is -0.492 e. The Hall–Kier alpha value is -1.60. The molecule has 6 nitrogen and oxygen atoms in total. The van der Waals surface area contributed by atoms with Crippen LogP contribution in [0.15, 0.2) is 24.3 Å². The lowest BCUT2D eigenvalue weighted by molar-refractivity contribution is -0.115. The number of carbonyl (C=O) groups is 1. The van der Waals surface area contributed by atoms with E-state index in [0.717, 1.165) is 0 Å². The van der Waals surface area contributed by atoms with Crippen LogP contribution in [0.2, 0.25) is 0 Å². The first-order valence-corrected chi connectivity index (χ1v) is 7.62. The molecule has 1 aromatic rings. The Balaban J connectivity index is 2.62. The van der Waals surface area contributed by atoms with E-state index in [4.69, 9.17) is 4.74 Å². The predicted molar refractivity (Wildman–Crippen MR) is 73.7 cm³/mol. The number of carbonyl (C=O) groups excluding carboxylic acids is 1. The molecule has 0 aliphatic rings. The van der Waals surface area contributed by atoms with Gasteiger partial charge in [-0.15, -0.1) is 0 Å². The molecule has 1 rings (SSSR count). The average molecular weight is 286 g/mol. The lowest BCUT2D eigenvalue weighted by atomic mass is 10.3. The van der Waals surface area contributed by atoms with Crippen molar-refractivity contribution in [2.24, 2.45) is 0 Å². The van der Waals surface area contributed by atoms with Crippen LogP contribution in [0, 0.1) is 0 Å². The van der Waals surface area contributed by atoms with E-state index in [0.29, 0.717) is 18.0 Å². The minimum absolute atomic E-state index is 0.0597. The maximum atomic E-state index is 11.6. The first-order chi connectivity index (χ1) is 8.98. The first-order valence-electron chi connectivity index (χ1n) is 5.97. The summed E-state index contributed by atoms with van der Waals surface area (Å²) in [6.45, 7) is 3.53. The summed E-state index contributed by atoms with van der Waals surface area (Å²) < 4.78 is 30.0. The van der Waals surface area contributed by atoms with E-state index < -0.39 is 15.9 Å². The van der Waals surface area contributed by atoms with Crippen LogP contribution in [0.25, 0.3) is 0 Å². The molecule has 0 aliphatic carbocycles. The molecule has 19 heavy (non-hydrogen) atoms. The van der Waals surface area contributed by atoms with E-state index in [1.54, 1.807) is 24.3 Å². The van der Waals surface area contributed by atoms with Gasteiger partial charge in [0.1, 0.15) is 5.75 Å². The summed E-state index contributed by atoms with van der Waals surface area (Å²) in [4.78, 5) is 11.6. The van der Waals surface area contributed by atoms with Gasteiger partial charge in [-0.3, -0.25) is 4.79 Å². The van der Waals surface area contributed by atoms with Gasteiger partial charge in [0, 0.05) is 0 Å². The molecule has 2 N–H and O–H groups in total. The Labute approximate surface area is 113 Å². The number of amides is 1. The number of benzene rings is 1. The smallest absolute Gasteiger partial charge is 0.239 e. The number of anilines is 1. The van der Waals surface area contributed by atoms with Gasteiger partial charge in [0.05, 0.1) is 24.6 Å². The molecule has 0 saturated carbocycles. The second kappa shape index (κ2) is 7.10. The third-order valence-corrected chi connectivity index (χ3v) is 3.64. The molecule has 0 fully saturated rings. The molecule has 7 heteroatoms. The van der Waals surface area contributed by atoms with E-state index >= 15 is 0 Å². The second-order valence-corrected chi connectivity index (χ2v) is 5.80. The highest BCUT2D eigenvalue weighted by Gasteiger charge is 2.11. The molecule has 0 atom stereocenters. The van der Waals surface area contributed by atoms with Crippen molar-refractivity contribution >= 4 is 21.6 Å². The van der Waals surface area contributed by atoms with E-state index in [2.05, 4.69) is 10.0 Å². The highest BCUT2D eigenvalue weighted by Crippen LogP contribution is 2.23. The first kappa shape index (κ1) is 15.5. The summed E-state index contributed by atoms with van der Waals surface area (Å²) in [7, 11) is -3.37. The van der Waals surface area contributed by atoms with Gasteiger partial charge in [-0.05, 0) is 26.0 Å². The van der Waals surface area contributed by atoms with E-state index in [9.17, 15) is 13.2 Å². The van der Waals surface area contributed by atoms with Gasteiger partial charge in [0.25, 0.3) is 0 Å². The van der Waals surface area contributed by atoms with Crippen LogP contribution in [0.3, 0.4) is 0 Å². The second-order valence-electron chi connectivity index (χ2n) is 3.70. The Morgan fingerprint density at radius 1 is 1.26 bits per heavy atom. The lowest BCUT2D eigenvalue weighted by Gasteiger charge is -2.11. The number of para-hydroxylation sites is 2. The van der Waals surface area contributed by atoms with E-state index in [1.165, 1.54) is 6.92 Å². The Morgan fingerprint density at radius 2 is 1.95 bits per heavy atom. The zero-order valence-corrected chi connectivity index (χ0v) is 11.8. The molecular formula is C12H18N2O4S. The molecule has 0 bridgehead atoms. The van der Waals surface area contributed by atoms with Crippen molar-refractivity contribution in [3.8, 4) is 5.75 Å². The maximum Gasteiger partial charge on any atom is 0.239 e. The summed E-state index contributed by atoms with van der Waals surface area (Å²) in [5, 5.41) is 2.60. The molecular weight excluding hydrogens is 268 g/mol. The van der Waals surface area contributed by atoms with Gasteiger partial charge >= 0.3 is 0 Å². The molecule has 0 spiro atoms. The van der Waals surface area contributed by atoms with Crippen molar-refractivity contribution < 1.29 is 17.9 Å². The van der Waals surface area contributed by atoms with Gasteiger partial charge in [-0.2, -0.15) is 0 Å². The highest BCUT2D eigenvalue weighted by molar-refractivity contribution is 7.89. The molecule has 0 unspecified atom stereocenters. The summed E-state index contributed by atoms with van der Waals surface area (Å²) in [6.07, 6.45) is 0. The van der Waals surface area contributed by atoms with Crippen molar-refractivity contribution in [3.05, 3.63) is 24.3 Å². The molecule has 0 aromatic heterocycles. The number of hydrogen-bond donors (Lipinski definition) is 2. The highest BCUT2D eigenvalue weighted by atomic mass is 32.2. The number of nitrogens with one attached hydrogen (secondary N) is 2. The van der Waals surface area contributed by atoms with Crippen LogP contribution in [-0.4, -0.2) is 33.2 Å².